The molecule has 5 rings (SSSR count). The number of aromatic amines is 1. The van der Waals surface area contributed by atoms with Crippen LogP contribution in [0.3, 0.4) is 0 Å². The number of likely N-dealkylation sites (N-methyl/N-ethyl adjacent to an activating group) is 1. The highest BCUT2D eigenvalue weighted by Crippen LogP contribution is 2.37. The molecule has 12 heteroatoms. The van der Waals surface area contributed by atoms with Gasteiger partial charge in [0.05, 0.1) is 59.8 Å². The first-order valence-corrected chi connectivity index (χ1v) is 14.0. The summed E-state index contributed by atoms with van der Waals surface area (Å²) in [6, 6.07) is 1.80. The summed E-state index contributed by atoms with van der Waals surface area (Å²) in [5.41, 5.74) is 6.50. The highest BCUT2D eigenvalue weighted by molar-refractivity contribution is 5.93. The second kappa shape index (κ2) is 11.6. The van der Waals surface area contributed by atoms with Crippen LogP contribution in [0.4, 0.5) is 0 Å². The van der Waals surface area contributed by atoms with E-state index in [-0.39, 0.29) is 24.8 Å². The summed E-state index contributed by atoms with van der Waals surface area (Å²) in [7, 11) is 5.59. The van der Waals surface area contributed by atoms with Crippen molar-refractivity contribution in [2.75, 3.05) is 27.4 Å². The molecule has 0 spiro atoms. The lowest BCUT2D eigenvalue weighted by molar-refractivity contribution is 0.0914. The van der Waals surface area contributed by atoms with Crippen LogP contribution in [0, 0.1) is 6.92 Å². The van der Waals surface area contributed by atoms with Crippen molar-refractivity contribution in [3.63, 3.8) is 0 Å². The lowest BCUT2D eigenvalue weighted by atomic mass is 10.1. The topological polar surface area (TPSA) is 128 Å². The zero-order valence-electron chi connectivity index (χ0n) is 25.1. The van der Waals surface area contributed by atoms with Gasteiger partial charge in [0.25, 0.3) is 0 Å². The number of hydrogen-bond donors (Lipinski definition) is 2. The van der Waals surface area contributed by atoms with Crippen LogP contribution in [0.5, 0.6) is 11.8 Å². The summed E-state index contributed by atoms with van der Waals surface area (Å²) in [5, 5.41) is 28.2. The number of hydrogen-bond acceptors (Lipinski definition) is 9. The smallest absolute Gasteiger partial charge is 0.240 e. The molecule has 1 aliphatic rings. The summed E-state index contributed by atoms with van der Waals surface area (Å²) >= 11 is 0. The molecule has 220 valence electrons. The van der Waals surface area contributed by atoms with Crippen molar-refractivity contribution in [2.24, 2.45) is 7.05 Å². The van der Waals surface area contributed by atoms with Gasteiger partial charge in [-0.05, 0) is 59.9 Å². The summed E-state index contributed by atoms with van der Waals surface area (Å²) < 4.78 is 21.8. The second-order valence-corrected chi connectivity index (χ2v) is 10.7. The minimum absolute atomic E-state index is 0.00279. The minimum atomic E-state index is -0.230. The van der Waals surface area contributed by atoms with Crippen LogP contribution in [0.25, 0.3) is 34.3 Å². The monoisotopic (exact) mass is 564 g/mol. The highest BCUT2D eigenvalue weighted by atomic mass is 16.5. The van der Waals surface area contributed by atoms with Crippen LogP contribution >= 0.6 is 0 Å². The number of aliphatic hydroxyl groups is 1. The molecule has 0 radical (unpaired) electrons. The molecule has 1 aliphatic heterocycles. The van der Waals surface area contributed by atoms with Crippen molar-refractivity contribution in [3.05, 3.63) is 34.4 Å². The SMILES string of the molecule is CCOc1nn([C@@H](C)CO)c2c1/C=C/c1[nH]nc3c(C)nc(cc13)-c1c(COC)nn(C)c1O[C@@H](C)[C@@H](C)N(C)C2. The molecular formula is C29H40N8O4. The Kier molecular flexibility index (Phi) is 8.16. The number of rotatable bonds is 6. The number of aliphatic hydroxyl groups excluding tert-OH is 1. The van der Waals surface area contributed by atoms with Crippen molar-refractivity contribution < 1.29 is 19.3 Å². The van der Waals surface area contributed by atoms with Crippen LogP contribution in [-0.4, -0.2) is 84.3 Å². The predicted molar refractivity (Wildman–Crippen MR) is 157 cm³/mol. The van der Waals surface area contributed by atoms with Crippen molar-refractivity contribution >= 4 is 23.1 Å². The molecule has 0 saturated heterocycles. The van der Waals surface area contributed by atoms with E-state index in [1.165, 1.54) is 0 Å². The van der Waals surface area contributed by atoms with Gasteiger partial charge in [-0.15, -0.1) is 5.10 Å². The summed E-state index contributed by atoms with van der Waals surface area (Å²) in [5.74, 6) is 1.16. The van der Waals surface area contributed by atoms with Gasteiger partial charge < -0.3 is 19.3 Å². The first-order valence-electron chi connectivity index (χ1n) is 14.0. The number of nitrogens with one attached hydrogen (secondary N) is 1. The first kappa shape index (κ1) is 28.8. The normalized spacial score (nSPS) is 19.3. The zero-order chi connectivity index (χ0) is 29.4. The van der Waals surface area contributed by atoms with Crippen LogP contribution in [0.15, 0.2) is 6.07 Å². The Hall–Kier alpha value is -3.74. The van der Waals surface area contributed by atoms with Gasteiger partial charge >= 0.3 is 0 Å². The summed E-state index contributed by atoms with van der Waals surface area (Å²) in [6.45, 7) is 11.3. The molecular weight excluding hydrogens is 524 g/mol. The van der Waals surface area contributed by atoms with Gasteiger partial charge in [0.15, 0.2) is 0 Å². The van der Waals surface area contributed by atoms with Crippen LogP contribution < -0.4 is 9.47 Å². The van der Waals surface area contributed by atoms with E-state index in [9.17, 15) is 5.11 Å². The number of aromatic nitrogens is 7. The third-order valence-electron chi connectivity index (χ3n) is 7.82. The van der Waals surface area contributed by atoms with E-state index in [2.05, 4.69) is 36.0 Å². The number of methoxy groups -OCH3 is 1. The molecule has 5 heterocycles. The van der Waals surface area contributed by atoms with Crippen molar-refractivity contribution in [2.45, 2.75) is 66.0 Å². The van der Waals surface area contributed by atoms with E-state index in [1.54, 1.807) is 11.8 Å². The van der Waals surface area contributed by atoms with Gasteiger partial charge in [-0.1, -0.05) is 0 Å². The lowest BCUT2D eigenvalue weighted by Crippen LogP contribution is -2.41. The molecule has 41 heavy (non-hydrogen) atoms. The Morgan fingerprint density at radius 1 is 1.22 bits per heavy atom. The summed E-state index contributed by atoms with van der Waals surface area (Å²) in [4.78, 5) is 7.15. The van der Waals surface area contributed by atoms with E-state index in [0.717, 1.165) is 50.5 Å². The third kappa shape index (κ3) is 5.22. The van der Waals surface area contributed by atoms with E-state index in [4.69, 9.17) is 29.4 Å². The molecule has 0 amide bonds. The molecule has 4 aromatic rings. The fraction of sp³-hybridized carbons (Fsp3) is 0.517. The lowest BCUT2D eigenvalue weighted by Gasteiger charge is -2.31. The molecule has 0 aromatic carbocycles. The molecule has 0 saturated carbocycles. The number of pyridine rings is 1. The largest absolute Gasteiger partial charge is 0.476 e. The minimum Gasteiger partial charge on any atom is -0.476 e. The van der Waals surface area contributed by atoms with Gasteiger partial charge in [0, 0.05) is 32.1 Å². The quantitative estimate of drug-likeness (QED) is 0.360. The zero-order valence-corrected chi connectivity index (χ0v) is 25.1. The van der Waals surface area contributed by atoms with Crippen molar-refractivity contribution in [1.29, 1.82) is 0 Å². The number of nitrogens with zero attached hydrogens (tertiary/aromatic N) is 7. The second-order valence-electron chi connectivity index (χ2n) is 10.7. The molecule has 0 fully saturated rings. The summed E-state index contributed by atoms with van der Waals surface area (Å²) in [6.07, 6.45) is 3.80. The molecule has 0 unspecified atom stereocenters. The van der Waals surface area contributed by atoms with Crippen molar-refractivity contribution in [1.82, 2.24) is 39.6 Å². The third-order valence-corrected chi connectivity index (χ3v) is 7.82. The number of fused-ring (bicyclic) bond motifs is 4. The number of aryl methyl sites for hydroxylation is 2. The predicted octanol–water partition coefficient (Wildman–Crippen LogP) is 3.73. The van der Waals surface area contributed by atoms with Gasteiger partial charge in [-0.25, -0.2) is 4.68 Å². The fourth-order valence-electron chi connectivity index (χ4n) is 5.28. The maximum absolute atomic E-state index is 10.0. The molecule has 0 aliphatic carbocycles. The highest BCUT2D eigenvalue weighted by Gasteiger charge is 2.29. The van der Waals surface area contributed by atoms with Gasteiger partial charge in [-0.3, -0.25) is 19.7 Å². The van der Waals surface area contributed by atoms with Gasteiger partial charge in [-0.2, -0.15) is 10.2 Å². The van der Waals surface area contributed by atoms with Crippen LogP contribution in [-0.2, 0) is 24.9 Å². The van der Waals surface area contributed by atoms with E-state index in [0.29, 0.717) is 31.5 Å². The maximum atomic E-state index is 10.0. The Labute approximate surface area is 239 Å². The van der Waals surface area contributed by atoms with E-state index in [1.807, 2.05) is 50.7 Å². The number of H-pyrrole nitrogens is 1. The Morgan fingerprint density at radius 2 is 2.00 bits per heavy atom. The fourth-order valence-corrected chi connectivity index (χ4v) is 5.28. The molecule has 3 atom stereocenters. The molecule has 2 bridgehead atoms. The maximum Gasteiger partial charge on any atom is 0.240 e. The Morgan fingerprint density at radius 3 is 2.71 bits per heavy atom. The number of ether oxygens (including phenoxy) is 3. The van der Waals surface area contributed by atoms with Gasteiger partial charge in [0.1, 0.15) is 17.3 Å². The Bertz CT molecular complexity index is 1570. The molecule has 12 nitrogen and oxygen atoms in total. The Balaban J connectivity index is 1.77. The van der Waals surface area contributed by atoms with E-state index < -0.39 is 0 Å². The molecule has 2 N–H and O–H groups in total. The molecule has 4 aromatic heterocycles. The average molecular weight is 565 g/mol. The standard InChI is InChI=1S/C29H40N8O4/c1-9-40-28-20-10-11-22-21-12-23(30-17(3)27(21)32-31-22)26-24(15-39-8)33-36(7)29(26)41-19(5)18(4)35(6)13-25(20)37(34-28)16(2)14-38/h10-12,16,18-19,38H,9,13-15H2,1-8H3,(H,31,32)/b11-10+/t16-,18+,19-/m0/s1. The van der Waals surface area contributed by atoms with E-state index >= 15 is 0 Å². The average Bonchev–Trinajstić information content (AvgIpc) is 3.60. The van der Waals surface area contributed by atoms with Crippen LogP contribution in [0.2, 0.25) is 0 Å². The van der Waals surface area contributed by atoms with Crippen molar-refractivity contribution in [3.8, 4) is 23.0 Å². The first-order chi connectivity index (χ1) is 19.7. The van der Waals surface area contributed by atoms with Gasteiger partial charge in [0.2, 0.25) is 11.8 Å². The van der Waals surface area contributed by atoms with Crippen LogP contribution in [0.1, 0.15) is 62.1 Å².